The van der Waals surface area contributed by atoms with Crippen molar-refractivity contribution < 1.29 is 4.79 Å². The Bertz CT molecular complexity index is 304. The molecule has 2 fully saturated rings. The highest BCUT2D eigenvalue weighted by Gasteiger charge is 2.25. The SMILES string of the molecule is N#CCC(=O)N1CCCC(CN2CCCC2)C1. The van der Waals surface area contributed by atoms with Crippen LogP contribution in [-0.2, 0) is 4.79 Å². The third-order valence-electron chi connectivity index (χ3n) is 3.82. The maximum Gasteiger partial charge on any atom is 0.236 e. The first-order valence-electron chi connectivity index (χ1n) is 6.66. The summed E-state index contributed by atoms with van der Waals surface area (Å²) in [7, 11) is 0. The van der Waals surface area contributed by atoms with Gasteiger partial charge in [-0.2, -0.15) is 5.26 Å². The van der Waals surface area contributed by atoms with Crippen LogP contribution in [0.5, 0.6) is 0 Å². The molecular weight excluding hydrogens is 214 g/mol. The lowest BCUT2D eigenvalue weighted by molar-refractivity contribution is -0.132. The molecule has 2 saturated heterocycles. The molecule has 2 aliphatic heterocycles. The normalized spacial score (nSPS) is 25.8. The zero-order valence-corrected chi connectivity index (χ0v) is 10.4. The number of likely N-dealkylation sites (tertiary alicyclic amines) is 2. The van der Waals surface area contributed by atoms with Crippen LogP contribution >= 0.6 is 0 Å². The van der Waals surface area contributed by atoms with E-state index in [0.717, 1.165) is 26.1 Å². The monoisotopic (exact) mass is 235 g/mol. The van der Waals surface area contributed by atoms with Crippen LogP contribution in [0.1, 0.15) is 32.1 Å². The van der Waals surface area contributed by atoms with E-state index < -0.39 is 0 Å². The molecule has 17 heavy (non-hydrogen) atoms. The molecule has 1 atom stereocenters. The molecule has 0 spiro atoms. The largest absolute Gasteiger partial charge is 0.341 e. The molecule has 0 aliphatic carbocycles. The van der Waals surface area contributed by atoms with Crippen molar-refractivity contribution in [2.24, 2.45) is 5.92 Å². The molecule has 1 unspecified atom stereocenters. The Hall–Kier alpha value is -1.08. The molecular formula is C13H21N3O. The average molecular weight is 235 g/mol. The summed E-state index contributed by atoms with van der Waals surface area (Å²) in [4.78, 5) is 16.1. The minimum atomic E-state index is 0.0126. The Morgan fingerprint density at radius 3 is 2.71 bits per heavy atom. The van der Waals surface area contributed by atoms with E-state index in [9.17, 15) is 4.79 Å². The second-order valence-electron chi connectivity index (χ2n) is 5.19. The zero-order chi connectivity index (χ0) is 12.1. The van der Waals surface area contributed by atoms with Crippen LogP contribution < -0.4 is 0 Å². The third-order valence-corrected chi connectivity index (χ3v) is 3.82. The quantitative estimate of drug-likeness (QED) is 0.739. The number of carbonyl (C=O) groups excluding carboxylic acids is 1. The van der Waals surface area contributed by atoms with Gasteiger partial charge in [-0.1, -0.05) is 0 Å². The van der Waals surface area contributed by atoms with Crippen molar-refractivity contribution >= 4 is 5.91 Å². The van der Waals surface area contributed by atoms with Crippen molar-refractivity contribution in [3.05, 3.63) is 0 Å². The summed E-state index contributed by atoms with van der Waals surface area (Å²) in [5, 5.41) is 8.56. The Labute approximate surface area is 103 Å². The van der Waals surface area contributed by atoms with Gasteiger partial charge in [0.1, 0.15) is 6.42 Å². The van der Waals surface area contributed by atoms with E-state index in [2.05, 4.69) is 4.90 Å². The highest BCUT2D eigenvalue weighted by molar-refractivity contribution is 5.78. The van der Waals surface area contributed by atoms with Crippen LogP contribution in [0.2, 0.25) is 0 Å². The van der Waals surface area contributed by atoms with Crippen LogP contribution in [-0.4, -0.2) is 48.4 Å². The van der Waals surface area contributed by atoms with Crippen molar-refractivity contribution in [1.82, 2.24) is 9.80 Å². The number of rotatable bonds is 3. The summed E-state index contributed by atoms with van der Waals surface area (Å²) in [6, 6.07) is 1.95. The fourth-order valence-corrected chi connectivity index (χ4v) is 2.95. The number of nitriles is 1. The van der Waals surface area contributed by atoms with E-state index in [1.54, 1.807) is 0 Å². The van der Waals surface area contributed by atoms with Gasteiger partial charge in [-0.15, -0.1) is 0 Å². The number of amides is 1. The highest BCUT2D eigenvalue weighted by Crippen LogP contribution is 2.20. The summed E-state index contributed by atoms with van der Waals surface area (Å²) < 4.78 is 0. The van der Waals surface area contributed by atoms with Gasteiger partial charge in [0.05, 0.1) is 6.07 Å². The number of hydrogen-bond acceptors (Lipinski definition) is 3. The summed E-state index contributed by atoms with van der Waals surface area (Å²) in [6.45, 7) is 5.29. The van der Waals surface area contributed by atoms with Crippen molar-refractivity contribution in [3.63, 3.8) is 0 Å². The minimum absolute atomic E-state index is 0.0126. The predicted octanol–water partition coefficient (Wildman–Crippen LogP) is 1.23. The molecule has 0 aromatic heterocycles. The molecule has 94 valence electrons. The van der Waals surface area contributed by atoms with Gasteiger partial charge < -0.3 is 9.80 Å². The first-order valence-corrected chi connectivity index (χ1v) is 6.66. The van der Waals surface area contributed by atoms with Crippen LogP contribution in [0, 0.1) is 17.2 Å². The van der Waals surface area contributed by atoms with Gasteiger partial charge in [-0.25, -0.2) is 0 Å². The second-order valence-corrected chi connectivity index (χ2v) is 5.19. The van der Waals surface area contributed by atoms with Crippen molar-refractivity contribution in [2.45, 2.75) is 32.1 Å². The van der Waals surface area contributed by atoms with Gasteiger partial charge in [0, 0.05) is 19.6 Å². The Morgan fingerprint density at radius 1 is 1.24 bits per heavy atom. The smallest absolute Gasteiger partial charge is 0.236 e. The number of carbonyl (C=O) groups is 1. The molecule has 2 heterocycles. The summed E-state index contributed by atoms with van der Waals surface area (Å²) in [6.07, 6.45) is 5.01. The average Bonchev–Trinajstić information content (AvgIpc) is 2.82. The lowest BCUT2D eigenvalue weighted by Crippen LogP contribution is -2.43. The molecule has 0 bridgehead atoms. The number of hydrogen-bond donors (Lipinski definition) is 0. The van der Waals surface area contributed by atoms with Gasteiger partial charge in [0.15, 0.2) is 0 Å². The first-order chi connectivity index (χ1) is 8.29. The van der Waals surface area contributed by atoms with Gasteiger partial charge in [0.25, 0.3) is 0 Å². The van der Waals surface area contributed by atoms with E-state index in [0.29, 0.717) is 5.92 Å². The molecule has 2 rings (SSSR count). The molecule has 1 amide bonds. The molecule has 4 heteroatoms. The van der Waals surface area contributed by atoms with E-state index >= 15 is 0 Å². The van der Waals surface area contributed by atoms with E-state index in [4.69, 9.17) is 5.26 Å². The third kappa shape index (κ3) is 3.44. The molecule has 0 aromatic rings. The van der Waals surface area contributed by atoms with Gasteiger partial charge in [-0.3, -0.25) is 4.79 Å². The lowest BCUT2D eigenvalue weighted by atomic mass is 9.97. The fraction of sp³-hybridized carbons (Fsp3) is 0.846. The second kappa shape index (κ2) is 6.02. The van der Waals surface area contributed by atoms with E-state index in [1.165, 1.54) is 32.4 Å². The van der Waals surface area contributed by atoms with Crippen LogP contribution in [0.3, 0.4) is 0 Å². The summed E-state index contributed by atoms with van der Waals surface area (Å²) in [5.74, 6) is 0.628. The van der Waals surface area contributed by atoms with Crippen molar-refractivity contribution in [1.29, 1.82) is 5.26 Å². The van der Waals surface area contributed by atoms with Crippen LogP contribution in [0.25, 0.3) is 0 Å². The number of nitrogens with zero attached hydrogens (tertiary/aromatic N) is 3. The van der Waals surface area contributed by atoms with Gasteiger partial charge in [0.2, 0.25) is 5.91 Å². The lowest BCUT2D eigenvalue weighted by Gasteiger charge is -2.34. The Morgan fingerprint density at radius 2 is 2.00 bits per heavy atom. The topological polar surface area (TPSA) is 47.3 Å². The van der Waals surface area contributed by atoms with Crippen LogP contribution in [0.15, 0.2) is 0 Å². The van der Waals surface area contributed by atoms with Crippen molar-refractivity contribution in [3.8, 4) is 6.07 Å². The maximum absolute atomic E-state index is 11.7. The number of piperidine rings is 1. The molecule has 0 radical (unpaired) electrons. The molecule has 2 aliphatic rings. The van der Waals surface area contributed by atoms with E-state index in [1.807, 2.05) is 11.0 Å². The van der Waals surface area contributed by atoms with E-state index in [-0.39, 0.29) is 12.3 Å². The van der Waals surface area contributed by atoms with Crippen molar-refractivity contribution in [2.75, 3.05) is 32.7 Å². The molecule has 0 aromatic carbocycles. The van der Waals surface area contributed by atoms with Gasteiger partial charge >= 0.3 is 0 Å². The first kappa shape index (κ1) is 12.4. The summed E-state index contributed by atoms with van der Waals surface area (Å²) >= 11 is 0. The maximum atomic E-state index is 11.7. The Balaban J connectivity index is 1.80. The zero-order valence-electron chi connectivity index (χ0n) is 10.4. The molecule has 4 nitrogen and oxygen atoms in total. The molecule has 0 saturated carbocycles. The summed E-state index contributed by atoms with van der Waals surface area (Å²) in [5.41, 5.74) is 0. The molecule has 0 N–H and O–H groups in total. The Kier molecular flexibility index (Phi) is 4.38. The standard InChI is InChI=1S/C13H21N3O/c14-6-5-13(17)16-9-3-4-12(11-16)10-15-7-1-2-8-15/h12H,1-5,7-11H2. The highest BCUT2D eigenvalue weighted by atomic mass is 16.2. The predicted molar refractivity (Wildman–Crippen MR) is 65.2 cm³/mol. The van der Waals surface area contributed by atoms with Crippen LogP contribution in [0.4, 0.5) is 0 Å². The fourth-order valence-electron chi connectivity index (χ4n) is 2.95. The minimum Gasteiger partial charge on any atom is -0.341 e. The van der Waals surface area contributed by atoms with Gasteiger partial charge in [-0.05, 0) is 44.7 Å².